The van der Waals surface area contributed by atoms with Gasteiger partial charge in [-0.2, -0.15) is 0 Å². The lowest BCUT2D eigenvalue weighted by atomic mass is 10.2. The van der Waals surface area contributed by atoms with Crippen molar-refractivity contribution in [3.8, 4) is 0 Å². The van der Waals surface area contributed by atoms with Crippen molar-refractivity contribution in [1.82, 2.24) is 14.5 Å². The van der Waals surface area contributed by atoms with E-state index in [1.165, 1.54) is 6.33 Å². The third-order valence-electron chi connectivity index (χ3n) is 3.97. The van der Waals surface area contributed by atoms with E-state index in [4.69, 9.17) is 4.74 Å². The number of aliphatic hydroxyl groups excluding tert-OH is 2. The number of hydrogen-bond donors (Lipinski definition) is 2. The Hall–Kier alpha value is -1.50. The van der Waals surface area contributed by atoms with Crippen LogP contribution in [0.4, 0.5) is 0 Å². The summed E-state index contributed by atoms with van der Waals surface area (Å²) in [6, 6.07) is 1.70. The molecule has 3 rings (SSSR count). The van der Waals surface area contributed by atoms with Crippen molar-refractivity contribution in [2.24, 2.45) is 0 Å². The van der Waals surface area contributed by atoms with Crippen LogP contribution >= 0.6 is 0 Å². The molecule has 0 amide bonds. The van der Waals surface area contributed by atoms with Gasteiger partial charge in [0.05, 0.1) is 17.8 Å². The maximum atomic E-state index is 10.2. The summed E-state index contributed by atoms with van der Waals surface area (Å²) in [5.41, 5.74) is 1.68. The normalized spacial score (nSPS) is 31.2. The van der Waals surface area contributed by atoms with Crippen LogP contribution in [-0.2, 0) is 4.74 Å². The Kier molecular flexibility index (Phi) is 3.00. The van der Waals surface area contributed by atoms with E-state index in [9.17, 15) is 10.2 Å². The number of aryl methyl sites for hydroxylation is 1. The second-order valence-electron chi connectivity index (χ2n) is 4.98. The highest BCUT2D eigenvalue weighted by molar-refractivity contribution is 5.78. The number of rotatable bonds is 2. The van der Waals surface area contributed by atoms with Gasteiger partial charge in [0, 0.05) is 18.7 Å². The molecule has 19 heavy (non-hydrogen) atoms. The standard InChI is InChI=1S/C13H17N3O3/c1-7-8-3-4-16(13(8)15-6-14-7)9-5-10(19-2)12(18)11(9)17/h3-4,6,9-12,17-18H,5H2,1-2H3/t9-,10-,11-,12+/m0/s1. The fourth-order valence-corrected chi connectivity index (χ4v) is 2.84. The molecule has 4 atom stereocenters. The largest absolute Gasteiger partial charge is 0.388 e. The molecular weight excluding hydrogens is 246 g/mol. The van der Waals surface area contributed by atoms with Crippen LogP contribution in [0.2, 0.25) is 0 Å². The first-order chi connectivity index (χ1) is 9.13. The number of aliphatic hydroxyl groups is 2. The molecular formula is C13H17N3O3. The SMILES string of the molecule is CO[C@H]1C[C@H](n2ccc3c(C)ncnc32)[C@H](O)[C@@H]1O. The lowest BCUT2D eigenvalue weighted by Gasteiger charge is -2.18. The monoisotopic (exact) mass is 263 g/mol. The lowest BCUT2D eigenvalue weighted by molar-refractivity contribution is -0.0404. The second-order valence-corrected chi connectivity index (χ2v) is 4.98. The van der Waals surface area contributed by atoms with Gasteiger partial charge in [0.15, 0.2) is 0 Å². The van der Waals surface area contributed by atoms with E-state index in [0.717, 1.165) is 16.7 Å². The number of ether oxygens (including phenoxy) is 1. The molecule has 1 aliphatic rings. The van der Waals surface area contributed by atoms with Gasteiger partial charge < -0.3 is 19.5 Å². The summed E-state index contributed by atoms with van der Waals surface area (Å²) in [7, 11) is 1.54. The molecule has 6 nitrogen and oxygen atoms in total. The molecule has 102 valence electrons. The van der Waals surface area contributed by atoms with E-state index in [1.54, 1.807) is 7.11 Å². The molecule has 1 saturated carbocycles. The molecule has 0 unspecified atom stereocenters. The molecule has 1 fully saturated rings. The van der Waals surface area contributed by atoms with Crippen molar-refractivity contribution in [3.63, 3.8) is 0 Å². The first kappa shape index (κ1) is 12.5. The molecule has 2 aromatic rings. The fraction of sp³-hybridized carbons (Fsp3) is 0.538. The summed E-state index contributed by atoms with van der Waals surface area (Å²) in [6.45, 7) is 1.92. The number of fused-ring (bicyclic) bond motifs is 1. The minimum atomic E-state index is -0.865. The van der Waals surface area contributed by atoms with Crippen LogP contribution in [0.25, 0.3) is 11.0 Å². The summed E-state index contributed by atoms with van der Waals surface area (Å²) >= 11 is 0. The van der Waals surface area contributed by atoms with Crippen LogP contribution in [0.3, 0.4) is 0 Å². The van der Waals surface area contributed by atoms with Crippen LogP contribution in [0.1, 0.15) is 18.2 Å². The van der Waals surface area contributed by atoms with Crippen LogP contribution in [0.15, 0.2) is 18.6 Å². The Morgan fingerprint density at radius 2 is 2.11 bits per heavy atom. The average molecular weight is 263 g/mol. The minimum Gasteiger partial charge on any atom is -0.388 e. The molecule has 0 saturated heterocycles. The van der Waals surface area contributed by atoms with Gasteiger partial charge in [0.1, 0.15) is 24.2 Å². The van der Waals surface area contributed by atoms with Crippen molar-refractivity contribution in [3.05, 3.63) is 24.3 Å². The van der Waals surface area contributed by atoms with E-state index in [0.29, 0.717) is 6.42 Å². The second kappa shape index (κ2) is 4.56. The van der Waals surface area contributed by atoms with Gasteiger partial charge in [-0.1, -0.05) is 0 Å². The van der Waals surface area contributed by atoms with Gasteiger partial charge in [-0.05, 0) is 19.4 Å². The summed E-state index contributed by atoms with van der Waals surface area (Å²) in [6.07, 6.45) is 1.89. The van der Waals surface area contributed by atoms with Crippen LogP contribution in [-0.4, -0.2) is 50.2 Å². The van der Waals surface area contributed by atoms with E-state index < -0.39 is 12.2 Å². The smallest absolute Gasteiger partial charge is 0.143 e. The summed E-state index contributed by atoms with van der Waals surface area (Å²) in [5.74, 6) is 0. The minimum absolute atomic E-state index is 0.230. The molecule has 0 aliphatic heterocycles. The third kappa shape index (κ3) is 1.83. The molecule has 6 heteroatoms. The van der Waals surface area contributed by atoms with Crippen molar-refractivity contribution >= 4 is 11.0 Å². The molecule has 0 radical (unpaired) electrons. The summed E-state index contributed by atoms with van der Waals surface area (Å²) in [5, 5.41) is 21.1. The summed E-state index contributed by atoms with van der Waals surface area (Å²) < 4.78 is 7.10. The first-order valence-electron chi connectivity index (χ1n) is 6.30. The van der Waals surface area contributed by atoms with Crippen molar-refractivity contribution in [1.29, 1.82) is 0 Å². The maximum absolute atomic E-state index is 10.2. The highest BCUT2D eigenvalue weighted by Crippen LogP contribution is 2.34. The Morgan fingerprint density at radius 3 is 2.79 bits per heavy atom. The Balaban J connectivity index is 2.04. The molecule has 0 spiro atoms. The Labute approximate surface area is 110 Å². The predicted octanol–water partition coefficient (Wildman–Crippen LogP) is 0.421. The zero-order valence-corrected chi connectivity index (χ0v) is 10.9. The van der Waals surface area contributed by atoms with E-state index in [1.807, 2.05) is 23.8 Å². The van der Waals surface area contributed by atoms with Gasteiger partial charge in [-0.15, -0.1) is 0 Å². The van der Waals surface area contributed by atoms with E-state index in [-0.39, 0.29) is 12.1 Å². The average Bonchev–Trinajstić information content (AvgIpc) is 2.94. The molecule has 1 aliphatic carbocycles. The quantitative estimate of drug-likeness (QED) is 0.821. The highest BCUT2D eigenvalue weighted by Gasteiger charge is 2.43. The number of hydrogen-bond acceptors (Lipinski definition) is 5. The third-order valence-corrected chi connectivity index (χ3v) is 3.97. The van der Waals surface area contributed by atoms with Crippen molar-refractivity contribution in [2.45, 2.75) is 37.7 Å². The van der Waals surface area contributed by atoms with Gasteiger partial charge in [0.25, 0.3) is 0 Å². The van der Waals surface area contributed by atoms with Gasteiger partial charge in [-0.3, -0.25) is 0 Å². The lowest BCUT2D eigenvalue weighted by Crippen LogP contribution is -2.32. The summed E-state index contributed by atoms with van der Waals surface area (Å²) in [4.78, 5) is 8.43. The molecule has 0 aromatic carbocycles. The van der Waals surface area contributed by atoms with Crippen LogP contribution < -0.4 is 0 Å². The molecule has 0 bridgehead atoms. The molecule has 2 aromatic heterocycles. The maximum Gasteiger partial charge on any atom is 0.143 e. The van der Waals surface area contributed by atoms with Gasteiger partial charge >= 0.3 is 0 Å². The number of nitrogens with zero attached hydrogens (tertiary/aromatic N) is 3. The zero-order chi connectivity index (χ0) is 13.6. The predicted molar refractivity (Wildman–Crippen MR) is 68.7 cm³/mol. The Morgan fingerprint density at radius 1 is 1.32 bits per heavy atom. The topological polar surface area (TPSA) is 80.4 Å². The zero-order valence-electron chi connectivity index (χ0n) is 10.9. The number of aromatic nitrogens is 3. The number of methoxy groups -OCH3 is 1. The fourth-order valence-electron chi connectivity index (χ4n) is 2.84. The van der Waals surface area contributed by atoms with E-state index in [2.05, 4.69) is 9.97 Å². The van der Waals surface area contributed by atoms with Crippen LogP contribution in [0.5, 0.6) is 0 Å². The first-order valence-corrected chi connectivity index (χ1v) is 6.30. The Bertz CT molecular complexity index is 598. The van der Waals surface area contributed by atoms with Crippen molar-refractivity contribution in [2.75, 3.05) is 7.11 Å². The molecule has 2 heterocycles. The van der Waals surface area contributed by atoms with Crippen LogP contribution in [0, 0.1) is 6.92 Å². The van der Waals surface area contributed by atoms with Gasteiger partial charge in [-0.25, -0.2) is 9.97 Å². The van der Waals surface area contributed by atoms with Gasteiger partial charge in [0.2, 0.25) is 0 Å². The van der Waals surface area contributed by atoms with E-state index >= 15 is 0 Å². The van der Waals surface area contributed by atoms with Crippen molar-refractivity contribution < 1.29 is 14.9 Å². The molecule has 2 N–H and O–H groups in total. The highest BCUT2D eigenvalue weighted by atomic mass is 16.5.